The summed E-state index contributed by atoms with van der Waals surface area (Å²) < 4.78 is 11.1. The predicted octanol–water partition coefficient (Wildman–Crippen LogP) is 3.16. The van der Waals surface area contributed by atoms with Gasteiger partial charge in [-0.1, -0.05) is 19.1 Å². The Bertz CT molecular complexity index is 406. The van der Waals surface area contributed by atoms with Crippen LogP contribution in [0.4, 0.5) is 0 Å². The van der Waals surface area contributed by atoms with E-state index >= 15 is 0 Å². The van der Waals surface area contributed by atoms with E-state index in [0.717, 1.165) is 17.9 Å². The fraction of sp³-hybridized carbons (Fsp3) is 0.562. The van der Waals surface area contributed by atoms with Gasteiger partial charge in [0, 0.05) is 12.5 Å². The lowest BCUT2D eigenvalue weighted by Crippen LogP contribution is -2.31. The van der Waals surface area contributed by atoms with Crippen LogP contribution in [0.3, 0.4) is 0 Å². The number of nitrogens with one attached hydrogen (secondary N) is 1. The molecule has 1 N–H and O–H groups in total. The molecule has 0 heterocycles. The Morgan fingerprint density at radius 1 is 1.20 bits per heavy atom. The number of para-hydroxylation sites is 2. The predicted molar refractivity (Wildman–Crippen MR) is 80.2 cm³/mol. The number of carbonyl (C=O) groups is 1. The van der Waals surface area contributed by atoms with Gasteiger partial charge in [-0.15, -0.1) is 0 Å². The summed E-state index contributed by atoms with van der Waals surface area (Å²) in [5.74, 6) is 1.57. The first-order chi connectivity index (χ1) is 9.67. The minimum Gasteiger partial charge on any atom is -0.490 e. The van der Waals surface area contributed by atoms with Crippen molar-refractivity contribution in [3.63, 3.8) is 0 Å². The van der Waals surface area contributed by atoms with Crippen molar-refractivity contribution in [1.29, 1.82) is 0 Å². The molecule has 0 saturated carbocycles. The van der Waals surface area contributed by atoms with Crippen LogP contribution in [0.5, 0.6) is 11.5 Å². The number of hydrogen-bond donors (Lipinski definition) is 1. The van der Waals surface area contributed by atoms with E-state index in [1.807, 2.05) is 38.1 Å². The van der Waals surface area contributed by atoms with Crippen molar-refractivity contribution in [2.45, 2.75) is 46.1 Å². The van der Waals surface area contributed by atoms with Crippen LogP contribution in [0, 0.1) is 0 Å². The second-order valence-electron chi connectivity index (χ2n) is 4.71. The van der Waals surface area contributed by atoms with E-state index in [2.05, 4.69) is 12.2 Å². The van der Waals surface area contributed by atoms with Crippen molar-refractivity contribution in [2.75, 3.05) is 13.2 Å². The average Bonchev–Trinajstić information content (AvgIpc) is 2.45. The van der Waals surface area contributed by atoms with Crippen molar-refractivity contribution in [3.05, 3.63) is 24.3 Å². The molecular weight excluding hydrogens is 254 g/mol. The zero-order chi connectivity index (χ0) is 14.8. The first kappa shape index (κ1) is 16.3. The number of benzene rings is 1. The molecular formula is C16H25NO3. The highest BCUT2D eigenvalue weighted by molar-refractivity contribution is 5.76. The van der Waals surface area contributed by atoms with E-state index in [1.165, 1.54) is 0 Å². The highest BCUT2D eigenvalue weighted by Gasteiger charge is 2.06. The molecule has 0 aliphatic rings. The summed E-state index contributed by atoms with van der Waals surface area (Å²) in [7, 11) is 0. The van der Waals surface area contributed by atoms with Crippen molar-refractivity contribution >= 4 is 5.91 Å². The Morgan fingerprint density at radius 3 is 2.45 bits per heavy atom. The van der Waals surface area contributed by atoms with Gasteiger partial charge in [-0.2, -0.15) is 0 Å². The van der Waals surface area contributed by atoms with Gasteiger partial charge in [-0.05, 0) is 38.8 Å². The molecule has 1 aromatic rings. The quantitative estimate of drug-likeness (QED) is 0.706. The molecule has 1 amide bonds. The van der Waals surface area contributed by atoms with E-state index in [1.54, 1.807) is 0 Å². The molecule has 1 unspecified atom stereocenters. The summed E-state index contributed by atoms with van der Waals surface area (Å²) >= 11 is 0. The Kier molecular flexibility index (Phi) is 7.55. The molecule has 4 heteroatoms. The largest absolute Gasteiger partial charge is 0.490 e. The van der Waals surface area contributed by atoms with Gasteiger partial charge >= 0.3 is 0 Å². The monoisotopic (exact) mass is 279 g/mol. The van der Waals surface area contributed by atoms with Crippen LogP contribution in [-0.2, 0) is 4.79 Å². The number of amides is 1. The molecule has 0 fully saturated rings. The summed E-state index contributed by atoms with van der Waals surface area (Å²) in [4.78, 5) is 11.6. The number of ether oxygens (including phenoxy) is 2. The van der Waals surface area contributed by atoms with E-state index in [4.69, 9.17) is 9.47 Å². The fourth-order valence-corrected chi connectivity index (χ4v) is 1.71. The molecule has 1 aromatic carbocycles. The van der Waals surface area contributed by atoms with Gasteiger partial charge in [-0.3, -0.25) is 4.79 Å². The number of hydrogen-bond acceptors (Lipinski definition) is 3. The van der Waals surface area contributed by atoms with Gasteiger partial charge in [0.1, 0.15) is 0 Å². The molecule has 1 rings (SSSR count). The lowest BCUT2D eigenvalue weighted by atomic mass is 10.2. The van der Waals surface area contributed by atoms with E-state index < -0.39 is 0 Å². The van der Waals surface area contributed by atoms with Gasteiger partial charge in [0.15, 0.2) is 11.5 Å². The fourth-order valence-electron chi connectivity index (χ4n) is 1.71. The molecule has 0 radical (unpaired) electrons. The highest BCUT2D eigenvalue weighted by atomic mass is 16.5. The van der Waals surface area contributed by atoms with Crippen LogP contribution in [0.25, 0.3) is 0 Å². The third-order valence-electron chi connectivity index (χ3n) is 2.97. The Hall–Kier alpha value is -1.71. The standard InChI is InChI=1S/C16H25NO3/c1-4-13(3)17-16(18)11-8-12-20-15-10-7-6-9-14(15)19-5-2/h6-7,9-10,13H,4-5,8,11-12H2,1-3H3,(H,17,18). The Balaban J connectivity index is 2.29. The molecule has 20 heavy (non-hydrogen) atoms. The van der Waals surface area contributed by atoms with Crippen LogP contribution >= 0.6 is 0 Å². The van der Waals surface area contributed by atoms with Gasteiger partial charge < -0.3 is 14.8 Å². The maximum absolute atomic E-state index is 11.6. The molecule has 4 nitrogen and oxygen atoms in total. The molecule has 0 aliphatic heterocycles. The van der Waals surface area contributed by atoms with Crippen LogP contribution in [0.1, 0.15) is 40.0 Å². The van der Waals surface area contributed by atoms with Crippen molar-refractivity contribution in [3.8, 4) is 11.5 Å². The van der Waals surface area contributed by atoms with Gasteiger partial charge in [0.25, 0.3) is 0 Å². The molecule has 0 aliphatic carbocycles. The van der Waals surface area contributed by atoms with Crippen LogP contribution in [0.2, 0.25) is 0 Å². The van der Waals surface area contributed by atoms with Gasteiger partial charge in [-0.25, -0.2) is 0 Å². The lowest BCUT2D eigenvalue weighted by Gasteiger charge is -2.13. The third-order valence-corrected chi connectivity index (χ3v) is 2.97. The zero-order valence-electron chi connectivity index (χ0n) is 12.6. The van der Waals surface area contributed by atoms with Crippen LogP contribution in [-0.4, -0.2) is 25.2 Å². The first-order valence-corrected chi connectivity index (χ1v) is 7.31. The molecule has 0 spiro atoms. The second kappa shape index (κ2) is 9.23. The Labute approximate surface area is 121 Å². The van der Waals surface area contributed by atoms with Crippen LogP contribution in [0.15, 0.2) is 24.3 Å². The second-order valence-corrected chi connectivity index (χ2v) is 4.71. The summed E-state index contributed by atoms with van der Waals surface area (Å²) in [5.41, 5.74) is 0. The smallest absolute Gasteiger partial charge is 0.220 e. The maximum Gasteiger partial charge on any atom is 0.220 e. The highest BCUT2D eigenvalue weighted by Crippen LogP contribution is 2.26. The normalized spacial score (nSPS) is 11.8. The average molecular weight is 279 g/mol. The van der Waals surface area contributed by atoms with Crippen molar-refractivity contribution in [1.82, 2.24) is 5.32 Å². The SMILES string of the molecule is CCOc1ccccc1OCCCC(=O)NC(C)CC. The number of carbonyl (C=O) groups excluding carboxylic acids is 1. The summed E-state index contributed by atoms with van der Waals surface area (Å²) in [5, 5.41) is 2.94. The Morgan fingerprint density at radius 2 is 1.85 bits per heavy atom. The molecule has 0 aromatic heterocycles. The topological polar surface area (TPSA) is 47.6 Å². The minimum atomic E-state index is 0.0843. The molecule has 0 saturated heterocycles. The first-order valence-electron chi connectivity index (χ1n) is 7.31. The number of rotatable bonds is 9. The zero-order valence-corrected chi connectivity index (χ0v) is 12.6. The van der Waals surface area contributed by atoms with Gasteiger partial charge in [0.05, 0.1) is 13.2 Å². The van der Waals surface area contributed by atoms with E-state index in [0.29, 0.717) is 26.1 Å². The maximum atomic E-state index is 11.6. The summed E-state index contributed by atoms with van der Waals surface area (Å²) in [6.45, 7) is 7.12. The van der Waals surface area contributed by atoms with E-state index in [9.17, 15) is 4.79 Å². The molecule has 0 bridgehead atoms. The molecule has 112 valence electrons. The van der Waals surface area contributed by atoms with Crippen molar-refractivity contribution < 1.29 is 14.3 Å². The third kappa shape index (κ3) is 5.95. The van der Waals surface area contributed by atoms with Gasteiger partial charge in [0.2, 0.25) is 5.91 Å². The lowest BCUT2D eigenvalue weighted by molar-refractivity contribution is -0.121. The summed E-state index contributed by atoms with van der Waals surface area (Å²) in [6, 6.07) is 7.82. The van der Waals surface area contributed by atoms with Crippen molar-refractivity contribution in [2.24, 2.45) is 0 Å². The molecule has 1 atom stereocenters. The van der Waals surface area contributed by atoms with Crippen LogP contribution < -0.4 is 14.8 Å². The summed E-state index contributed by atoms with van der Waals surface area (Å²) in [6.07, 6.45) is 2.13. The van der Waals surface area contributed by atoms with E-state index in [-0.39, 0.29) is 11.9 Å². The minimum absolute atomic E-state index is 0.0843.